The molecule has 0 radical (unpaired) electrons. The average molecular weight is 235 g/mol. The third-order valence-electron chi connectivity index (χ3n) is 5.82. The van der Waals surface area contributed by atoms with Gasteiger partial charge in [-0.15, -0.1) is 0 Å². The third-order valence-corrected chi connectivity index (χ3v) is 5.82. The van der Waals surface area contributed by atoms with E-state index in [0.717, 1.165) is 29.7 Å². The van der Waals surface area contributed by atoms with E-state index in [1.54, 1.807) is 25.7 Å². The van der Waals surface area contributed by atoms with Gasteiger partial charge >= 0.3 is 0 Å². The lowest BCUT2D eigenvalue weighted by molar-refractivity contribution is 0.178. The predicted molar refractivity (Wildman–Crippen MR) is 73.0 cm³/mol. The molecule has 4 atom stereocenters. The van der Waals surface area contributed by atoms with Crippen LogP contribution in [0.1, 0.15) is 64.7 Å². The number of hydrogen-bond acceptors (Lipinski definition) is 1. The van der Waals surface area contributed by atoms with Crippen LogP contribution < -0.4 is 5.32 Å². The molecule has 1 heteroatoms. The van der Waals surface area contributed by atoms with Gasteiger partial charge in [0, 0.05) is 6.04 Å². The van der Waals surface area contributed by atoms with Crippen LogP contribution in [0.25, 0.3) is 0 Å². The molecule has 3 aliphatic carbocycles. The molecule has 0 spiro atoms. The predicted octanol–water partition coefficient (Wildman–Crippen LogP) is 3.98. The van der Waals surface area contributed by atoms with Crippen LogP contribution in [0.5, 0.6) is 0 Å². The fourth-order valence-electron chi connectivity index (χ4n) is 4.61. The van der Waals surface area contributed by atoms with Crippen molar-refractivity contribution in [2.75, 3.05) is 6.54 Å². The van der Waals surface area contributed by atoms with E-state index in [1.807, 2.05) is 0 Å². The summed E-state index contributed by atoms with van der Waals surface area (Å²) in [7, 11) is 0. The van der Waals surface area contributed by atoms with E-state index in [0.29, 0.717) is 0 Å². The molecule has 3 rings (SSSR count). The van der Waals surface area contributed by atoms with Crippen molar-refractivity contribution in [3.05, 3.63) is 0 Å². The van der Waals surface area contributed by atoms with Gasteiger partial charge in [-0.2, -0.15) is 0 Å². The van der Waals surface area contributed by atoms with Gasteiger partial charge in [-0.1, -0.05) is 19.8 Å². The van der Waals surface area contributed by atoms with Gasteiger partial charge in [0.05, 0.1) is 0 Å². The van der Waals surface area contributed by atoms with Crippen molar-refractivity contribution >= 4 is 0 Å². The van der Waals surface area contributed by atoms with Gasteiger partial charge in [0.2, 0.25) is 0 Å². The zero-order valence-corrected chi connectivity index (χ0v) is 11.5. The standard InChI is InChI=1S/C16H29N/c1-2-8-17-16(13-4-3-5-13)11-15-10-12-6-7-14(15)9-12/h12-17H,2-11H2,1H3. The Morgan fingerprint density at radius 3 is 2.53 bits per heavy atom. The highest BCUT2D eigenvalue weighted by Gasteiger charge is 2.41. The zero-order valence-electron chi connectivity index (χ0n) is 11.5. The molecule has 0 aromatic rings. The summed E-state index contributed by atoms with van der Waals surface area (Å²) in [6, 6.07) is 0.869. The summed E-state index contributed by atoms with van der Waals surface area (Å²) in [4.78, 5) is 0. The van der Waals surface area contributed by atoms with Gasteiger partial charge < -0.3 is 5.32 Å². The second-order valence-electron chi connectivity index (χ2n) is 6.92. The van der Waals surface area contributed by atoms with Gasteiger partial charge in [-0.3, -0.25) is 0 Å². The van der Waals surface area contributed by atoms with Gasteiger partial charge in [0.1, 0.15) is 0 Å². The Bertz CT molecular complexity index is 246. The molecule has 1 N–H and O–H groups in total. The number of hydrogen-bond donors (Lipinski definition) is 1. The molecule has 3 aliphatic rings. The molecule has 0 aromatic heterocycles. The first-order valence-corrected chi connectivity index (χ1v) is 8.10. The first-order chi connectivity index (χ1) is 8.36. The molecule has 3 saturated carbocycles. The van der Waals surface area contributed by atoms with Crippen LogP contribution in [0.2, 0.25) is 0 Å². The summed E-state index contributed by atoms with van der Waals surface area (Å²) in [5.74, 6) is 4.36. The lowest BCUT2D eigenvalue weighted by atomic mass is 9.74. The van der Waals surface area contributed by atoms with Crippen molar-refractivity contribution in [3.8, 4) is 0 Å². The summed E-state index contributed by atoms with van der Waals surface area (Å²) in [6.45, 7) is 3.53. The van der Waals surface area contributed by atoms with E-state index in [2.05, 4.69) is 12.2 Å². The second kappa shape index (κ2) is 5.30. The van der Waals surface area contributed by atoms with Crippen LogP contribution in [-0.4, -0.2) is 12.6 Å². The Kier molecular flexibility index (Phi) is 3.75. The second-order valence-corrected chi connectivity index (χ2v) is 6.92. The lowest BCUT2D eigenvalue weighted by Crippen LogP contribution is -2.41. The van der Waals surface area contributed by atoms with Gasteiger partial charge in [0.15, 0.2) is 0 Å². The molecule has 17 heavy (non-hydrogen) atoms. The molecule has 1 nitrogen and oxygen atoms in total. The maximum Gasteiger partial charge on any atom is 0.00980 e. The van der Waals surface area contributed by atoms with Crippen molar-refractivity contribution in [1.82, 2.24) is 5.32 Å². The first kappa shape index (κ1) is 12.0. The molecular weight excluding hydrogens is 206 g/mol. The largest absolute Gasteiger partial charge is 0.314 e. The van der Waals surface area contributed by atoms with E-state index < -0.39 is 0 Å². The monoisotopic (exact) mass is 235 g/mol. The molecule has 4 unspecified atom stereocenters. The van der Waals surface area contributed by atoms with Gasteiger partial charge in [-0.25, -0.2) is 0 Å². The van der Waals surface area contributed by atoms with Crippen molar-refractivity contribution in [2.45, 2.75) is 70.8 Å². The highest BCUT2D eigenvalue weighted by Crippen LogP contribution is 2.50. The highest BCUT2D eigenvalue weighted by molar-refractivity contribution is 4.94. The molecule has 0 heterocycles. The summed E-state index contributed by atoms with van der Waals surface area (Å²) in [5, 5.41) is 3.86. The molecule has 3 fully saturated rings. The summed E-state index contributed by atoms with van der Waals surface area (Å²) in [6.07, 6.45) is 13.6. The molecule has 0 aliphatic heterocycles. The molecule has 0 amide bonds. The minimum absolute atomic E-state index is 0.869. The minimum atomic E-state index is 0.869. The lowest BCUT2D eigenvalue weighted by Gasteiger charge is -2.37. The van der Waals surface area contributed by atoms with E-state index in [1.165, 1.54) is 38.6 Å². The number of fused-ring (bicyclic) bond motifs is 2. The first-order valence-electron chi connectivity index (χ1n) is 8.10. The molecule has 98 valence electrons. The fourth-order valence-corrected chi connectivity index (χ4v) is 4.61. The van der Waals surface area contributed by atoms with Crippen molar-refractivity contribution in [2.24, 2.45) is 23.7 Å². The third kappa shape index (κ3) is 2.54. The van der Waals surface area contributed by atoms with Crippen molar-refractivity contribution in [1.29, 1.82) is 0 Å². The molecule has 2 bridgehead atoms. The fraction of sp³-hybridized carbons (Fsp3) is 1.00. The quantitative estimate of drug-likeness (QED) is 0.734. The average Bonchev–Trinajstić information content (AvgIpc) is 2.85. The Morgan fingerprint density at radius 2 is 2.00 bits per heavy atom. The van der Waals surface area contributed by atoms with Gasteiger partial charge in [-0.05, 0) is 75.2 Å². The van der Waals surface area contributed by atoms with Crippen molar-refractivity contribution in [3.63, 3.8) is 0 Å². The molecule has 0 aromatic carbocycles. The topological polar surface area (TPSA) is 12.0 Å². The van der Waals surface area contributed by atoms with Crippen LogP contribution >= 0.6 is 0 Å². The minimum Gasteiger partial charge on any atom is -0.314 e. The van der Waals surface area contributed by atoms with Crippen LogP contribution in [0.15, 0.2) is 0 Å². The summed E-state index contributed by atoms with van der Waals surface area (Å²) >= 11 is 0. The zero-order chi connectivity index (χ0) is 11.7. The smallest absolute Gasteiger partial charge is 0.00980 e. The highest BCUT2D eigenvalue weighted by atomic mass is 14.9. The van der Waals surface area contributed by atoms with Crippen molar-refractivity contribution < 1.29 is 0 Å². The Labute approximate surface area is 107 Å². The molecule has 0 saturated heterocycles. The Balaban J connectivity index is 1.52. The van der Waals surface area contributed by atoms with Crippen LogP contribution in [0, 0.1) is 23.7 Å². The normalized spacial score (nSPS) is 38.3. The van der Waals surface area contributed by atoms with Gasteiger partial charge in [0.25, 0.3) is 0 Å². The Hall–Kier alpha value is -0.0400. The molecular formula is C16H29N. The van der Waals surface area contributed by atoms with E-state index in [-0.39, 0.29) is 0 Å². The van der Waals surface area contributed by atoms with E-state index >= 15 is 0 Å². The SMILES string of the molecule is CCCNC(CC1CC2CCC1C2)C1CCC1. The van der Waals surface area contributed by atoms with Crippen LogP contribution in [0.3, 0.4) is 0 Å². The number of rotatable bonds is 6. The number of nitrogens with one attached hydrogen (secondary N) is 1. The van der Waals surface area contributed by atoms with Crippen LogP contribution in [0.4, 0.5) is 0 Å². The van der Waals surface area contributed by atoms with Crippen LogP contribution in [-0.2, 0) is 0 Å². The summed E-state index contributed by atoms with van der Waals surface area (Å²) in [5.41, 5.74) is 0. The van der Waals surface area contributed by atoms with E-state index in [9.17, 15) is 0 Å². The summed E-state index contributed by atoms with van der Waals surface area (Å²) < 4.78 is 0. The maximum absolute atomic E-state index is 3.86. The maximum atomic E-state index is 3.86. The Morgan fingerprint density at radius 1 is 1.12 bits per heavy atom. The van der Waals surface area contributed by atoms with E-state index in [4.69, 9.17) is 0 Å².